The zero-order valence-corrected chi connectivity index (χ0v) is 11.1. The summed E-state index contributed by atoms with van der Waals surface area (Å²) in [5.74, 6) is -0.251. The van der Waals surface area contributed by atoms with Crippen LogP contribution in [-0.4, -0.2) is 41.3 Å². The molecule has 0 radical (unpaired) electrons. The summed E-state index contributed by atoms with van der Waals surface area (Å²) in [5, 5.41) is 2.69. The molecule has 1 aliphatic rings. The summed E-state index contributed by atoms with van der Waals surface area (Å²) in [6, 6.07) is 0. The number of hydrogen-bond acceptors (Lipinski definition) is 3. The van der Waals surface area contributed by atoms with Crippen molar-refractivity contribution in [1.82, 2.24) is 10.2 Å². The Balaban J connectivity index is 2.91. The quantitative estimate of drug-likeness (QED) is 0.697. The van der Waals surface area contributed by atoms with Crippen molar-refractivity contribution in [2.75, 3.05) is 19.6 Å². The fourth-order valence-electron chi connectivity index (χ4n) is 2.12. The fraction of sp³-hybridized carbons (Fsp3) is 0.727. The molecule has 0 aromatic carbocycles. The van der Waals surface area contributed by atoms with E-state index in [4.69, 9.17) is 18.0 Å². The van der Waals surface area contributed by atoms with Crippen molar-refractivity contribution < 1.29 is 9.59 Å². The van der Waals surface area contributed by atoms with Crippen LogP contribution < -0.4 is 11.1 Å². The van der Waals surface area contributed by atoms with Crippen LogP contribution in [0.5, 0.6) is 0 Å². The van der Waals surface area contributed by atoms with Crippen molar-refractivity contribution in [2.45, 2.75) is 26.7 Å². The minimum absolute atomic E-state index is 0.100. The van der Waals surface area contributed by atoms with Gasteiger partial charge in [0.25, 0.3) is 0 Å². The van der Waals surface area contributed by atoms with Crippen molar-refractivity contribution in [3.63, 3.8) is 0 Å². The molecule has 96 valence electrons. The second kappa shape index (κ2) is 5.44. The van der Waals surface area contributed by atoms with Crippen LogP contribution in [-0.2, 0) is 9.59 Å². The lowest BCUT2D eigenvalue weighted by Gasteiger charge is -2.36. The molecule has 1 fully saturated rings. The number of carbonyl (C=O) groups excluding carboxylic acids is 2. The Kier molecular flexibility index (Phi) is 4.45. The van der Waals surface area contributed by atoms with Gasteiger partial charge in [0.15, 0.2) is 0 Å². The number of nitrogens with one attached hydrogen (secondary N) is 1. The van der Waals surface area contributed by atoms with Crippen LogP contribution in [0.3, 0.4) is 0 Å². The van der Waals surface area contributed by atoms with Crippen molar-refractivity contribution in [2.24, 2.45) is 11.1 Å². The topological polar surface area (TPSA) is 75.4 Å². The van der Waals surface area contributed by atoms with Gasteiger partial charge in [-0.2, -0.15) is 0 Å². The second-order valence-electron chi connectivity index (χ2n) is 4.23. The van der Waals surface area contributed by atoms with Gasteiger partial charge in [-0.05, 0) is 12.8 Å². The van der Waals surface area contributed by atoms with E-state index in [0.717, 1.165) is 0 Å². The van der Waals surface area contributed by atoms with Crippen LogP contribution in [0.4, 0.5) is 0 Å². The lowest BCUT2D eigenvalue weighted by atomic mass is 9.80. The molecule has 3 N–H and O–H groups in total. The molecule has 1 aliphatic heterocycles. The van der Waals surface area contributed by atoms with E-state index in [2.05, 4.69) is 5.32 Å². The number of piperazine rings is 1. The predicted octanol–water partition coefficient (Wildman–Crippen LogP) is 0.0373. The van der Waals surface area contributed by atoms with Crippen molar-refractivity contribution >= 4 is 29.0 Å². The lowest BCUT2D eigenvalue weighted by molar-refractivity contribution is -0.143. The molecule has 0 saturated carbocycles. The van der Waals surface area contributed by atoms with Gasteiger partial charge in [0, 0.05) is 13.1 Å². The van der Waals surface area contributed by atoms with Crippen LogP contribution >= 0.6 is 12.2 Å². The highest BCUT2D eigenvalue weighted by molar-refractivity contribution is 7.80. The third-order valence-electron chi connectivity index (χ3n) is 3.41. The Hall–Kier alpha value is -1.17. The Morgan fingerprint density at radius 2 is 2.12 bits per heavy atom. The van der Waals surface area contributed by atoms with Gasteiger partial charge in [-0.3, -0.25) is 9.59 Å². The molecular formula is C11H19N3O2S. The van der Waals surface area contributed by atoms with Gasteiger partial charge in [-0.15, -0.1) is 0 Å². The molecule has 6 heteroatoms. The zero-order valence-electron chi connectivity index (χ0n) is 10.3. The van der Waals surface area contributed by atoms with Crippen molar-refractivity contribution in [3.05, 3.63) is 0 Å². The molecule has 0 unspecified atom stereocenters. The van der Waals surface area contributed by atoms with Crippen LogP contribution in [0, 0.1) is 5.41 Å². The van der Waals surface area contributed by atoms with E-state index in [1.54, 1.807) is 4.90 Å². The summed E-state index contributed by atoms with van der Waals surface area (Å²) >= 11 is 5.03. The largest absolute Gasteiger partial charge is 0.392 e. The smallest absolute Gasteiger partial charge is 0.239 e. The second-order valence-corrected chi connectivity index (χ2v) is 4.67. The first kappa shape index (κ1) is 13.9. The van der Waals surface area contributed by atoms with Crippen LogP contribution in [0.2, 0.25) is 0 Å². The molecular weight excluding hydrogens is 238 g/mol. The maximum absolute atomic E-state index is 12.4. The third kappa shape index (κ3) is 2.57. The molecule has 0 spiro atoms. The molecule has 2 amide bonds. The Morgan fingerprint density at radius 1 is 1.53 bits per heavy atom. The number of rotatable bonds is 4. The van der Waals surface area contributed by atoms with Crippen molar-refractivity contribution in [3.8, 4) is 0 Å². The monoisotopic (exact) mass is 257 g/mol. The highest BCUT2D eigenvalue weighted by Gasteiger charge is 2.41. The third-order valence-corrected chi connectivity index (χ3v) is 3.80. The zero-order chi connectivity index (χ0) is 13.1. The summed E-state index contributed by atoms with van der Waals surface area (Å²) < 4.78 is 0. The number of carbonyl (C=O) groups is 2. The summed E-state index contributed by atoms with van der Waals surface area (Å²) in [4.78, 5) is 25.5. The standard InChI is InChI=1S/C11H19N3O2S/c1-3-11(4-2,9(12)17)10(16)14-6-5-13-8(15)7-14/h3-7H2,1-2H3,(H2,12,17)(H,13,15). The summed E-state index contributed by atoms with van der Waals surface area (Å²) in [6.07, 6.45) is 1.13. The van der Waals surface area contributed by atoms with Gasteiger partial charge < -0.3 is 16.0 Å². The van der Waals surface area contributed by atoms with E-state index in [1.807, 2.05) is 13.8 Å². The van der Waals surface area contributed by atoms with Gasteiger partial charge in [0.05, 0.1) is 16.9 Å². The molecule has 1 heterocycles. The number of thiocarbonyl (C=S) groups is 1. The van der Waals surface area contributed by atoms with E-state index < -0.39 is 5.41 Å². The molecule has 0 aromatic rings. The summed E-state index contributed by atoms with van der Waals surface area (Å²) in [7, 11) is 0. The molecule has 0 aliphatic carbocycles. The number of amides is 2. The molecule has 0 aromatic heterocycles. The van der Waals surface area contributed by atoms with Gasteiger partial charge in [-0.1, -0.05) is 26.1 Å². The van der Waals surface area contributed by atoms with Crippen LogP contribution in [0.1, 0.15) is 26.7 Å². The minimum atomic E-state index is -0.799. The van der Waals surface area contributed by atoms with E-state index in [9.17, 15) is 9.59 Å². The van der Waals surface area contributed by atoms with E-state index in [1.165, 1.54) is 0 Å². The first-order chi connectivity index (χ1) is 7.97. The maximum atomic E-state index is 12.4. The minimum Gasteiger partial charge on any atom is -0.392 e. The van der Waals surface area contributed by atoms with Crippen LogP contribution in [0.15, 0.2) is 0 Å². The van der Waals surface area contributed by atoms with Crippen LogP contribution in [0.25, 0.3) is 0 Å². The van der Waals surface area contributed by atoms with Gasteiger partial charge in [0.1, 0.15) is 0 Å². The molecule has 0 atom stereocenters. The van der Waals surface area contributed by atoms with E-state index in [0.29, 0.717) is 25.9 Å². The molecule has 1 saturated heterocycles. The highest BCUT2D eigenvalue weighted by Crippen LogP contribution is 2.29. The fourth-order valence-corrected chi connectivity index (χ4v) is 2.50. The molecule has 17 heavy (non-hydrogen) atoms. The number of nitrogens with two attached hydrogens (primary N) is 1. The Labute approximate surface area is 107 Å². The first-order valence-electron chi connectivity index (χ1n) is 5.84. The Morgan fingerprint density at radius 3 is 2.53 bits per heavy atom. The summed E-state index contributed by atoms with van der Waals surface area (Å²) in [5.41, 5.74) is 4.92. The van der Waals surface area contributed by atoms with E-state index >= 15 is 0 Å². The molecule has 5 nitrogen and oxygen atoms in total. The normalized spacial score (nSPS) is 16.6. The average Bonchev–Trinajstić information content (AvgIpc) is 2.30. The first-order valence-corrected chi connectivity index (χ1v) is 6.24. The van der Waals surface area contributed by atoms with Gasteiger partial charge in [0.2, 0.25) is 11.8 Å². The SMILES string of the molecule is CCC(CC)(C(=O)N1CCNC(=O)C1)C(N)=S. The number of hydrogen-bond donors (Lipinski definition) is 2. The molecule has 0 bridgehead atoms. The van der Waals surface area contributed by atoms with Gasteiger partial charge in [-0.25, -0.2) is 0 Å². The number of nitrogens with zero attached hydrogens (tertiary/aromatic N) is 1. The maximum Gasteiger partial charge on any atom is 0.239 e. The average molecular weight is 257 g/mol. The van der Waals surface area contributed by atoms with Gasteiger partial charge >= 0.3 is 0 Å². The predicted molar refractivity (Wildman–Crippen MR) is 69.4 cm³/mol. The lowest BCUT2D eigenvalue weighted by Crippen LogP contribution is -2.56. The molecule has 1 rings (SSSR count). The van der Waals surface area contributed by atoms with E-state index in [-0.39, 0.29) is 23.3 Å². The highest BCUT2D eigenvalue weighted by atomic mass is 32.1. The van der Waals surface area contributed by atoms with Crippen molar-refractivity contribution in [1.29, 1.82) is 0 Å². The summed E-state index contributed by atoms with van der Waals surface area (Å²) in [6.45, 7) is 4.90. The Bertz CT molecular complexity index is 340.